The van der Waals surface area contributed by atoms with Crippen LogP contribution in [0.4, 0.5) is 0 Å². The molecule has 3 heteroatoms. The zero-order chi connectivity index (χ0) is 11.2. The predicted molar refractivity (Wildman–Crippen MR) is 65.9 cm³/mol. The first-order valence-electron chi connectivity index (χ1n) is 6.25. The molecule has 1 aromatic rings. The van der Waals surface area contributed by atoms with Crippen molar-refractivity contribution in [2.24, 2.45) is 5.73 Å². The Balaban J connectivity index is 1.80. The highest BCUT2D eigenvalue weighted by molar-refractivity contribution is 5.09. The van der Waals surface area contributed by atoms with Crippen molar-refractivity contribution < 1.29 is 0 Å². The van der Waals surface area contributed by atoms with E-state index in [1.54, 1.807) is 0 Å². The first-order chi connectivity index (χ1) is 7.84. The van der Waals surface area contributed by atoms with Gasteiger partial charge in [0, 0.05) is 18.4 Å². The van der Waals surface area contributed by atoms with E-state index in [1.165, 1.54) is 31.2 Å². The maximum absolute atomic E-state index is 5.97. The number of nitrogens with zero attached hydrogens (tertiary/aromatic N) is 1. The number of aromatic nitrogens is 1. The number of pyridine rings is 1. The van der Waals surface area contributed by atoms with E-state index in [9.17, 15) is 0 Å². The Kier molecular flexibility index (Phi) is 4.31. The van der Waals surface area contributed by atoms with E-state index in [0.717, 1.165) is 12.8 Å². The van der Waals surface area contributed by atoms with Gasteiger partial charge in [-0.2, -0.15) is 0 Å². The van der Waals surface area contributed by atoms with Crippen LogP contribution in [-0.2, 0) is 6.42 Å². The third-order valence-corrected chi connectivity index (χ3v) is 3.30. The minimum Gasteiger partial charge on any atom is -0.316 e. The van der Waals surface area contributed by atoms with Crippen LogP contribution < -0.4 is 11.1 Å². The van der Waals surface area contributed by atoms with Gasteiger partial charge in [0.25, 0.3) is 0 Å². The molecule has 1 saturated heterocycles. The van der Waals surface area contributed by atoms with Crippen LogP contribution in [0.25, 0.3) is 0 Å². The highest BCUT2D eigenvalue weighted by Gasteiger charge is 2.15. The quantitative estimate of drug-likeness (QED) is 0.815. The summed E-state index contributed by atoms with van der Waals surface area (Å²) in [6.45, 7) is 0. The molecule has 2 atom stereocenters. The Bertz CT molecular complexity index is 299. The van der Waals surface area contributed by atoms with Crippen molar-refractivity contribution in [2.75, 3.05) is 0 Å². The standard InChI is InChI=1S/C13H21N3/c14-13-4-2-1-3-12(16-13)6-5-11-7-9-15-10-8-11/h7-10,12-13,16H,1-6,14H2. The van der Waals surface area contributed by atoms with Gasteiger partial charge in [0.1, 0.15) is 0 Å². The van der Waals surface area contributed by atoms with Crippen LogP contribution in [0.2, 0.25) is 0 Å². The number of hydrogen-bond acceptors (Lipinski definition) is 3. The molecule has 88 valence electrons. The van der Waals surface area contributed by atoms with E-state index in [2.05, 4.69) is 22.4 Å². The van der Waals surface area contributed by atoms with Gasteiger partial charge in [0.2, 0.25) is 0 Å². The molecule has 1 fully saturated rings. The van der Waals surface area contributed by atoms with Crippen molar-refractivity contribution in [2.45, 2.75) is 50.7 Å². The normalized spacial score (nSPS) is 26.3. The first kappa shape index (κ1) is 11.6. The van der Waals surface area contributed by atoms with Gasteiger partial charge in [-0.15, -0.1) is 0 Å². The molecule has 2 rings (SSSR count). The zero-order valence-corrected chi connectivity index (χ0v) is 9.73. The van der Waals surface area contributed by atoms with E-state index < -0.39 is 0 Å². The maximum atomic E-state index is 5.97. The van der Waals surface area contributed by atoms with Crippen molar-refractivity contribution >= 4 is 0 Å². The van der Waals surface area contributed by atoms with Gasteiger partial charge >= 0.3 is 0 Å². The van der Waals surface area contributed by atoms with Crippen LogP contribution in [0.1, 0.15) is 37.7 Å². The molecule has 0 aliphatic carbocycles. The smallest absolute Gasteiger partial charge is 0.0548 e. The molecule has 2 unspecified atom stereocenters. The topological polar surface area (TPSA) is 50.9 Å². The molecule has 1 aliphatic rings. The highest BCUT2D eigenvalue weighted by atomic mass is 15.0. The molecular weight excluding hydrogens is 198 g/mol. The molecular formula is C13H21N3. The van der Waals surface area contributed by atoms with Gasteiger partial charge in [0.05, 0.1) is 6.17 Å². The molecule has 2 heterocycles. The van der Waals surface area contributed by atoms with Crippen molar-refractivity contribution in [3.05, 3.63) is 30.1 Å². The Morgan fingerprint density at radius 2 is 2.00 bits per heavy atom. The predicted octanol–water partition coefficient (Wildman–Crippen LogP) is 1.83. The lowest BCUT2D eigenvalue weighted by Gasteiger charge is -2.19. The number of hydrogen-bond donors (Lipinski definition) is 2. The Hall–Kier alpha value is -0.930. The lowest BCUT2D eigenvalue weighted by molar-refractivity contribution is 0.417. The minimum atomic E-state index is 0.199. The Labute approximate surface area is 97.5 Å². The maximum Gasteiger partial charge on any atom is 0.0548 e. The zero-order valence-electron chi connectivity index (χ0n) is 9.73. The largest absolute Gasteiger partial charge is 0.316 e. The summed E-state index contributed by atoms with van der Waals surface area (Å²) in [6, 6.07) is 4.78. The third-order valence-electron chi connectivity index (χ3n) is 3.30. The summed E-state index contributed by atoms with van der Waals surface area (Å²) in [7, 11) is 0. The highest BCUT2D eigenvalue weighted by Crippen LogP contribution is 2.15. The minimum absolute atomic E-state index is 0.199. The van der Waals surface area contributed by atoms with Crippen LogP contribution >= 0.6 is 0 Å². The molecule has 0 aromatic carbocycles. The van der Waals surface area contributed by atoms with Gasteiger partial charge < -0.3 is 5.73 Å². The second-order valence-electron chi connectivity index (χ2n) is 4.65. The summed E-state index contributed by atoms with van der Waals surface area (Å²) in [6.07, 6.45) is 11.2. The van der Waals surface area contributed by atoms with Crippen LogP contribution in [-0.4, -0.2) is 17.2 Å². The van der Waals surface area contributed by atoms with Crippen molar-refractivity contribution in [1.82, 2.24) is 10.3 Å². The van der Waals surface area contributed by atoms with Gasteiger partial charge in [-0.05, 0) is 43.4 Å². The van der Waals surface area contributed by atoms with Crippen LogP contribution in [0, 0.1) is 0 Å². The van der Waals surface area contributed by atoms with E-state index in [4.69, 9.17) is 5.73 Å². The van der Waals surface area contributed by atoms with Gasteiger partial charge in [0.15, 0.2) is 0 Å². The second-order valence-corrected chi connectivity index (χ2v) is 4.65. The first-order valence-corrected chi connectivity index (χ1v) is 6.25. The Morgan fingerprint density at radius 1 is 1.25 bits per heavy atom. The van der Waals surface area contributed by atoms with Crippen molar-refractivity contribution in [1.29, 1.82) is 0 Å². The van der Waals surface area contributed by atoms with E-state index in [1.807, 2.05) is 12.4 Å². The molecule has 0 bridgehead atoms. The fourth-order valence-corrected chi connectivity index (χ4v) is 2.34. The summed E-state index contributed by atoms with van der Waals surface area (Å²) in [5, 5.41) is 3.51. The Morgan fingerprint density at radius 3 is 2.81 bits per heavy atom. The SMILES string of the molecule is NC1CCCCC(CCc2ccncc2)N1. The monoisotopic (exact) mass is 219 g/mol. The van der Waals surface area contributed by atoms with Crippen LogP contribution in [0.15, 0.2) is 24.5 Å². The average Bonchev–Trinajstić information content (AvgIpc) is 2.52. The number of rotatable bonds is 3. The number of nitrogens with two attached hydrogens (primary N) is 1. The van der Waals surface area contributed by atoms with Gasteiger partial charge in [-0.3, -0.25) is 10.3 Å². The third kappa shape index (κ3) is 3.58. The fourth-order valence-electron chi connectivity index (χ4n) is 2.34. The molecule has 0 radical (unpaired) electrons. The summed E-state index contributed by atoms with van der Waals surface area (Å²) in [5.74, 6) is 0. The molecule has 0 spiro atoms. The lowest BCUT2D eigenvalue weighted by Crippen LogP contribution is -2.42. The molecule has 3 N–H and O–H groups in total. The average molecular weight is 219 g/mol. The number of nitrogens with one attached hydrogen (secondary N) is 1. The molecule has 16 heavy (non-hydrogen) atoms. The molecule has 1 aromatic heterocycles. The summed E-state index contributed by atoms with van der Waals surface area (Å²) in [4.78, 5) is 4.03. The summed E-state index contributed by atoms with van der Waals surface area (Å²) >= 11 is 0. The van der Waals surface area contributed by atoms with Crippen molar-refractivity contribution in [3.63, 3.8) is 0 Å². The lowest BCUT2D eigenvalue weighted by atomic mass is 10.0. The van der Waals surface area contributed by atoms with Crippen molar-refractivity contribution in [3.8, 4) is 0 Å². The number of aryl methyl sites for hydroxylation is 1. The molecule has 0 amide bonds. The summed E-state index contributed by atoms with van der Waals surface area (Å²) < 4.78 is 0. The molecule has 3 nitrogen and oxygen atoms in total. The van der Waals surface area contributed by atoms with E-state index in [-0.39, 0.29) is 6.17 Å². The molecule has 0 saturated carbocycles. The van der Waals surface area contributed by atoms with Crippen LogP contribution in [0.3, 0.4) is 0 Å². The van der Waals surface area contributed by atoms with E-state index in [0.29, 0.717) is 6.04 Å². The summed E-state index contributed by atoms with van der Waals surface area (Å²) in [5.41, 5.74) is 7.34. The fraction of sp³-hybridized carbons (Fsp3) is 0.615. The van der Waals surface area contributed by atoms with Gasteiger partial charge in [-0.1, -0.05) is 12.8 Å². The molecule has 1 aliphatic heterocycles. The van der Waals surface area contributed by atoms with E-state index >= 15 is 0 Å². The van der Waals surface area contributed by atoms with Crippen LogP contribution in [0.5, 0.6) is 0 Å². The van der Waals surface area contributed by atoms with Gasteiger partial charge in [-0.25, -0.2) is 0 Å². The second kappa shape index (κ2) is 5.97.